The van der Waals surface area contributed by atoms with E-state index in [2.05, 4.69) is 39.8 Å². The number of ether oxygens (including phenoxy) is 1. The minimum atomic E-state index is -0.156. The predicted molar refractivity (Wildman–Crippen MR) is 89.6 cm³/mol. The Morgan fingerprint density at radius 2 is 1.90 bits per heavy atom. The highest BCUT2D eigenvalue weighted by Gasteiger charge is 2.38. The minimum absolute atomic E-state index is 0.156. The van der Waals surface area contributed by atoms with E-state index in [1.807, 2.05) is 6.07 Å². The summed E-state index contributed by atoms with van der Waals surface area (Å²) in [6.07, 6.45) is 5.91. The molecule has 2 rings (SSSR count). The monoisotopic (exact) mass is 289 g/mol. The van der Waals surface area contributed by atoms with Crippen LogP contribution in [0.3, 0.4) is 0 Å². The lowest BCUT2D eigenvalue weighted by molar-refractivity contribution is 0.115. The van der Waals surface area contributed by atoms with Gasteiger partial charge in [0.25, 0.3) is 0 Å². The Balaban J connectivity index is 2.15. The molecule has 2 N–H and O–H groups in total. The highest BCUT2D eigenvalue weighted by atomic mass is 16.5. The molecule has 1 aromatic rings. The summed E-state index contributed by atoms with van der Waals surface area (Å²) in [7, 11) is 1.71. The number of benzene rings is 1. The van der Waals surface area contributed by atoms with E-state index in [-0.39, 0.29) is 5.54 Å². The van der Waals surface area contributed by atoms with Crippen molar-refractivity contribution in [3.8, 4) is 5.75 Å². The molecule has 1 aliphatic carbocycles. The molecule has 0 saturated heterocycles. The first kappa shape index (κ1) is 16.4. The first-order valence-corrected chi connectivity index (χ1v) is 8.26. The quantitative estimate of drug-likeness (QED) is 0.865. The van der Waals surface area contributed by atoms with Gasteiger partial charge in [0.2, 0.25) is 0 Å². The number of methoxy groups -OCH3 is 1. The maximum Gasteiger partial charge on any atom is 0.119 e. The second-order valence-corrected chi connectivity index (χ2v) is 7.45. The summed E-state index contributed by atoms with van der Waals surface area (Å²) in [5.41, 5.74) is 9.62. The first-order chi connectivity index (χ1) is 9.82. The van der Waals surface area contributed by atoms with Gasteiger partial charge in [0.1, 0.15) is 5.75 Å². The lowest BCUT2D eigenvalue weighted by Gasteiger charge is -2.44. The molecule has 0 bridgehead atoms. The molecular weight excluding hydrogens is 258 g/mol. The Kier molecular flexibility index (Phi) is 4.67. The summed E-state index contributed by atoms with van der Waals surface area (Å²) < 4.78 is 5.31. The molecule has 1 aromatic carbocycles. The summed E-state index contributed by atoms with van der Waals surface area (Å²) in [5, 5.41) is 0. The second-order valence-electron chi connectivity index (χ2n) is 7.45. The van der Waals surface area contributed by atoms with E-state index in [9.17, 15) is 0 Å². The van der Waals surface area contributed by atoms with E-state index in [1.54, 1.807) is 7.11 Å². The molecule has 1 fully saturated rings. The van der Waals surface area contributed by atoms with Gasteiger partial charge in [-0.15, -0.1) is 0 Å². The maximum atomic E-state index is 6.78. The third-order valence-electron chi connectivity index (χ3n) is 5.86. The molecule has 1 saturated carbocycles. The van der Waals surface area contributed by atoms with Crippen LogP contribution in [-0.2, 0) is 5.54 Å². The number of rotatable bonds is 4. The fraction of sp³-hybridized carbons (Fsp3) is 0.684. The minimum Gasteiger partial charge on any atom is -0.497 e. The molecule has 0 atom stereocenters. The van der Waals surface area contributed by atoms with Crippen LogP contribution in [0, 0.1) is 18.3 Å². The van der Waals surface area contributed by atoms with Crippen LogP contribution in [0.1, 0.15) is 64.0 Å². The normalized spacial score (nSPS) is 26.7. The topological polar surface area (TPSA) is 35.2 Å². The van der Waals surface area contributed by atoms with Gasteiger partial charge in [0, 0.05) is 5.54 Å². The summed E-state index contributed by atoms with van der Waals surface area (Å²) in [5.74, 6) is 1.72. The van der Waals surface area contributed by atoms with Gasteiger partial charge in [0.05, 0.1) is 7.11 Å². The Hall–Kier alpha value is -1.02. The van der Waals surface area contributed by atoms with Crippen molar-refractivity contribution in [1.82, 2.24) is 0 Å². The average molecular weight is 289 g/mol. The maximum absolute atomic E-state index is 6.78. The highest BCUT2D eigenvalue weighted by molar-refractivity contribution is 5.39. The molecule has 118 valence electrons. The van der Waals surface area contributed by atoms with E-state index < -0.39 is 0 Å². The third kappa shape index (κ3) is 3.26. The molecule has 0 spiro atoms. The number of hydrogen-bond donors (Lipinski definition) is 1. The van der Waals surface area contributed by atoms with E-state index in [4.69, 9.17) is 10.5 Å². The van der Waals surface area contributed by atoms with Crippen LogP contribution in [0.15, 0.2) is 18.2 Å². The Bertz CT molecular complexity index is 484. The molecule has 21 heavy (non-hydrogen) atoms. The van der Waals surface area contributed by atoms with Gasteiger partial charge in [-0.2, -0.15) is 0 Å². The molecule has 0 heterocycles. The van der Waals surface area contributed by atoms with Crippen LogP contribution in [0.2, 0.25) is 0 Å². The molecule has 0 aliphatic heterocycles. The SMILES string of the molecule is CCC(C)(C)C1CCC(N)(c2ccc(OC)cc2C)CC1. The summed E-state index contributed by atoms with van der Waals surface area (Å²) in [4.78, 5) is 0. The molecule has 2 heteroatoms. The van der Waals surface area contributed by atoms with Crippen molar-refractivity contribution >= 4 is 0 Å². The zero-order valence-corrected chi connectivity index (χ0v) is 14.3. The van der Waals surface area contributed by atoms with Gasteiger partial charge in [-0.3, -0.25) is 0 Å². The summed E-state index contributed by atoms with van der Waals surface area (Å²) in [6, 6.07) is 6.31. The van der Waals surface area contributed by atoms with Crippen LogP contribution >= 0.6 is 0 Å². The molecule has 2 nitrogen and oxygen atoms in total. The fourth-order valence-electron chi connectivity index (χ4n) is 3.79. The van der Waals surface area contributed by atoms with Gasteiger partial charge in [-0.05, 0) is 67.2 Å². The number of nitrogens with two attached hydrogens (primary N) is 1. The number of aryl methyl sites for hydroxylation is 1. The van der Waals surface area contributed by atoms with E-state index in [0.717, 1.165) is 24.5 Å². The van der Waals surface area contributed by atoms with Crippen molar-refractivity contribution in [2.45, 2.75) is 65.3 Å². The molecular formula is C19H31NO. The Labute approximate surface area is 130 Å². The van der Waals surface area contributed by atoms with Crippen molar-refractivity contribution in [2.24, 2.45) is 17.1 Å². The zero-order valence-electron chi connectivity index (χ0n) is 14.3. The van der Waals surface area contributed by atoms with Crippen molar-refractivity contribution in [1.29, 1.82) is 0 Å². The molecule has 0 aromatic heterocycles. The van der Waals surface area contributed by atoms with E-state index in [0.29, 0.717) is 5.41 Å². The summed E-state index contributed by atoms with van der Waals surface area (Å²) >= 11 is 0. The first-order valence-electron chi connectivity index (χ1n) is 8.26. The van der Waals surface area contributed by atoms with Gasteiger partial charge in [0.15, 0.2) is 0 Å². The lowest BCUT2D eigenvalue weighted by atomic mass is 9.64. The molecule has 1 aliphatic rings. The standard InChI is InChI=1S/C19H31NO/c1-6-18(3,4)15-9-11-19(20,12-10-15)17-8-7-16(21-5)13-14(17)2/h7-8,13,15H,6,9-12,20H2,1-5H3. The summed E-state index contributed by atoms with van der Waals surface area (Å²) in [6.45, 7) is 9.26. The smallest absolute Gasteiger partial charge is 0.119 e. The van der Waals surface area contributed by atoms with E-state index >= 15 is 0 Å². The second kappa shape index (κ2) is 6.00. The van der Waals surface area contributed by atoms with Gasteiger partial charge < -0.3 is 10.5 Å². The van der Waals surface area contributed by atoms with Crippen LogP contribution in [0.5, 0.6) is 5.75 Å². The Morgan fingerprint density at radius 1 is 1.29 bits per heavy atom. The van der Waals surface area contributed by atoms with Crippen LogP contribution in [0.25, 0.3) is 0 Å². The van der Waals surface area contributed by atoms with Crippen LogP contribution in [-0.4, -0.2) is 7.11 Å². The van der Waals surface area contributed by atoms with E-state index in [1.165, 1.54) is 30.4 Å². The van der Waals surface area contributed by atoms with Crippen LogP contribution < -0.4 is 10.5 Å². The molecule has 0 unspecified atom stereocenters. The third-order valence-corrected chi connectivity index (χ3v) is 5.86. The highest BCUT2D eigenvalue weighted by Crippen LogP contribution is 2.46. The van der Waals surface area contributed by atoms with Crippen molar-refractivity contribution in [2.75, 3.05) is 7.11 Å². The Morgan fingerprint density at radius 3 is 2.38 bits per heavy atom. The average Bonchev–Trinajstić information content (AvgIpc) is 2.47. The van der Waals surface area contributed by atoms with Gasteiger partial charge in [-0.1, -0.05) is 33.3 Å². The fourth-order valence-corrected chi connectivity index (χ4v) is 3.79. The van der Waals surface area contributed by atoms with Gasteiger partial charge >= 0.3 is 0 Å². The van der Waals surface area contributed by atoms with Crippen LogP contribution in [0.4, 0.5) is 0 Å². The van der Waals surface area contributed by atoms with Crippen molar-refractivity contribution in [3.05, 3.63) is 29.3 Å². The van der Waals surface area contributed by atoms with Crippen molar-refractivity contribution in [3.63, 3.8) is 0 Å². The van der Waals surface area contributed by atoms with Gasteiger partial charge in [-0.25, -0.2) is 0 Å². The van der Waals surface area contributed by atoms with Crippen molar-refractivity contribution < 1.29 is 4.74 Å². The largest absolute Gasteiger partial charge is 0.497 e. The number of hydrogen-bond acceptors (Lipinski definition) is 2. The molecule has 0 amide bonds. The zero-order chi connectivity index (χ0) is 15.7. The lowest BCUT2D eigenvalue weighted by Crippen LogP contribution is -2.43. The predicted octanol–water partition coefficient (Wildman–Crippen LogP) is 4.78. The molecule has 0 radical (unpaired) electrons.